The normalized spacial score (nSPS) is 11.2. The molecular formula is C13H12N2O6S. The first-order valence-corrected chi connectivity index (χ1v) is 7.43. The van der Waals surface area contributed by atoms with Crippen molar-refractivity contribution >= 4 is 22.2 Å². The van der Waals surface area contributed by atoms with Crippen LogP contribution in [0.2, 0.25) is 0 Å². The maximum absolute atomic E-state index is 12.0. The molecule has 2 rings (SSSR count). The van der Waals surface area contributed by atoms with E-state index in [4.69, 9.17) is 4.55 Å². The molecule has 8 nitrogen and oxygen atoms in total. The molecule has 0 aliphatic carbocycles. The van der Waals surface area contributed by atoms with Crippen molar-refractivity contribution in [2.24, 2.45) is 0 Å². The maximum Gasteiger partial charge on any atom is 0.294 e. The Morgan fingerprint density at radius 1 is 1.23 bits per heavy atom. The molecule has 0 fully saturated rings. The van der Waals surface area contributed by atoms with Crippen LogP contribution in [0.4, 0.5) is 5.69 Å². The van der Waals surface area contributed by atoms with Crippen LogP contribution in [-0.2, 0) is 14.9 Å². The highest BCUT2D eigenvalue weighted by Crippen LogP contribution is 2.27. The summed E-state index contributed by atoms with van der Waals surface area (Å²) in [7, 11) is -4.35. The summed E-state index contributed by atoms with van der Waals surface area (Å²) in [6.07, 6.45) is 0.359. The van der Waals surface area contributed by atoms with Gasteiger partial charge in [-0.15, -0.1) is 0 Å². The summed E-state index contributed by atoms with van der Waals surface area (Å²) < 4.78 is 31.8. The molecule has 0 radical (unpaired) electrons. The minimum atomic E-state index is -4.35. The zero-order chi connectivity index (χ0) is 16.5. The summed E-state index contributed by atoms with van der Waals surface area (Å²) in [5.74, 6) is -0.489. The van der Waals surface area contributed by atoms with Crippen LogP contribution >= 0.6 is 0 Å². The van der Waals surface area contributed by atoms with Gasteiger partial charge in [0.05, 0.1) is 10.6 Å². The van der Waals surface area contributed by atoms with Crippen LogP contribution in [0.3, 0.4) is 0 Å². The number of pyridine rings is 1. The van der Waals surface area contributed by atoms with Crippen LogP contribution in [-0.4, -0.2) is 29.1 Å². The van der Waals surface area contributed by atoms with Gasteiger partial charge in [-0.05, 0) is 36.8 Å². The van der Waals surface area contributed by atoms with Crippen molar-refractivity contribution in [3.8, 4) is 11.6 Å². The second-order valence-corrected chi connectivity index (χ2v) is 5.85. The van der Waals surface area contributed by atoms with Gasteiger partial charge >= 0.3 is 0 Å². The van der Waals surface area contributed by atoms with Crippen LogP contribution in [0.1, 0.15) is 5.56 Å². The zero-order valence-corrected chi connectivity index (χ0v) is 12.2. The van der Waals surface area contributed by atoms with E-state index >= 15 is 0 Å². The molecule has 0 spiro atoms. The SMILES string of the molecule is Cc1cc(=O)n(-c2ccc(S(=O)(=O)O)cc2)c(O)c1NC=O. The van der Waals surface area contributed by atoms with Gasteiger partial charge in [-0.25, -0.2) is 4.57 Å². The van der Waals surface area contributed by atoms with Crippen LogP contribution in [0.15, 0.2) is 40.0 Å². The summed E-state index contributed by atoms with van der Waals surface area (Å²) in [4.78, 5) is 22.2. The largest absolute Gasteiger partial charge is 0.493 e. The highest BCUT2D eigenvalue weighted by molar-refractivity contribution is 7.85. The van der Waals surface area contributed by atoms with Gasteiger partial charge in [0.2, 0.25) is 12.3 Å². The number of hydrogen-bond acceptors (Lipinski definition) is 5. The van der Waals surface area contributed by atoms with E-state index in [1.54, 1.807) is 6.92 Å². The molecule has 0 bridgehead atoms. The predicted octanol–water partition coefficient (Wildman–Crippen LogP) is 0.667. The van der Waals surface area contributed by atoms with E-state index in [0.29, 0.717) is 12.0 Å². The summed E-state index contributed by atoms with van der Waals surface area (Å²) in [6.45, 7) is 1.54. The lowest BCUT2D eigenvalue weighted by molar-refractivity contribution is -0.105. The lowest BCUT2D eigenvalue weighted by atomic mass is 10.2. The van der Waals surface area contributed by atoms with E-state index in [1.807, 2.05) is 0 Å². The average Bonchev–Trinajstić information content (AvgIpc) is 2.43. The van der Waals surface area contributed by atoms with Crippen molar-refractivity contribution in [2.45, 2.75) is 11.8 Å². The Bertz CT molecular complexity index is 884. The van der Waals surface area contributed by atoms with Gasteiger partial charge in [0, 0.05) is 6.07 Å². The van der Waals surface area contributed by atoms with E-state index < -0.39 is 21.6 Å². The minimum absolute atomic E-state index is 0.0634. The summed E-state index contributed by atoms with van der Waals surface area (Å²) in [5, 5.41) is 12.4. The Balaban J connectivity index is 2.65. The number of aromatic nitrogens is 1. The number of rotatable bonds is 4. The first kappa shape index (κ1) is 15.7. The molecule has 0 aliphatic heterocycles. The Kier molecular flexibility index (Phi) is 4.02. The third-order valence-corrected chi connectivity index (χ3v) is 3.85. The topological polar surface area (TPSA) is 126 Å². The number of hydrogen-bond donors (Lipinski definition) is 3. The van der Waals surface area contributed by atoms with Crippen molar-refractivity contribution in [1.82, 2.24) is 4.57 Å². The molecule has 0 unspecified atom stereocenters. The van der Waals surface area contributed by atoms with E-state index in [9.17, 15) is 23.1 Å². The Labute approximate surface area is 125 Å². The van der Waals surface area contributed by atoms with Crippen LogP contribution in [0.25, 0.3) is 5.69 Å². The van der Waals surface area contributed by atoms with Crippen molar-refractivity contribution in [3.05, 3.63) is 46.2 Å². The quantitative estimate of drug-likeness (QED) is 0.560. The molecule has 116 valence electrons. The van der Waals surface area contributed by atoms with Gasteiger partial charge in [0.1, 0.15) is 5.69 Å². The molecule has 0 atom stereocenters. The number of aromatic hydroxyl groups is 1. The second kappa shape index (κ2) is 5.62. The molecule has 1 aromatic carbocycles. The lowest BCUT2D eigenvalue weighted by Crippen LogP contribution is -2.19. The molecular weight excluding hydrogens is 312 g/mol. The van der Waals surface area contributed by atoms with Gasteiger partial charge in [-0.3, -0.25) is 14.1 Å². The monoisotopic (exact) mass is 324 g/mol. The minimum Gasteiger partial charge on any atom is -0.493 e. The molecule has 3 N–H and O–H groups in total. The molecule has 1 heterocycles. The second-order valence-electron chi connectivity index (χ2n) is 4.43. The summed E-state index contributed by atoms with van der Waals surface area (Å²) >= 11 is 0. The highest BCUT2D eigenvalue weighted by Gasteiger charge is 2.15. The number of carbonyl (C=O) groups is 1. The van der Waals surface area contributed by atoms with Crippen LogP contribution < -0.4 is 10.9 Å². The summed E-state index contributed by atoms with van der Waals surface area (Å²) in [6, 6.07) is 5.86. The molecule has 0 aliphatic rings. The molecule has 0 saturated heterocycles. The van der Waals surface area contributed by atoms with Gasteiger partial charge in [0.15, 0.2) is 0 Å². The van der Waals surface area contributed by atoms with Gasteiger partial charge in [-0.2, -0.15) is 8.42 Å². The van der Waals surface area contributed by atoms with Gasteiger partial charge < -0.3 is 10.4 Å². The van der Waals surface area contributed by atoms with E-state index in [1.165, 1.54) is 18.2 Å². The molecule has 22 heavy (non-hydrogen) atoms. The Morgan fingerprint density at radius 2 is 1.82 bits per heavy atom. The number of anilines is 1. The molecule has 2 aromatic rings. The fourth-order valence-electron chi connectivity index (χ4n) is 1.97. The highest BCUT2D eigenvalue weighted by atomic mass is 32.2. The van der Waals surface area contributed by atoms with Gasteiger partial charge in [-0.1, -0.05) is 0 Å². The zero-order valence-electron chi connectivity index (χ0n) is 11.3. The molecule has 0 saturated carbocycles. The first-order valence-electron chi connectivity index (χ1n) is 5.99. The van der Waals surface area contributed by atoms with Crippen LogP contribution in [0, 0.1) is 6.92 Å². The van der Waals surface area contributed by atoms with Crippen LogP contribution in [0.5, 0.6) is 5.88 Å². The van der Waals surface area contributed by atoms with E-state index in [0.717, 1.165) is 16.7 Å². The average molecular weight is 324 g/mol. The molecule has 1 amide bonds. The fourth-order valence-corrected chi connectivity index (χ4v) is 2.45. The number of aryl methyl sites for hydroxylation is 1. The Morgan fingerprint density at radius 3 is 2.32 bits per heavy atom. The smallest absolute Gasteiger partial charge is 0.294 e. The Hall–Kier alpha value is -2.65. The lowest BCUT2D eigenvalue weighted by Gasteiger charge is -2.13. The van der Waals surface area contributed by atoms with E-state index in [2.05, 4.69) is 5.32 Å². The van der Waals surface area contributed by atoms with Crippen molar-refractivity contribution < 1.29 is 22.9 Å². The number of nitrogens with one attached hydrogen (secondary N) is 1. The third kappa shape index (κ3) is 2.85. The fraction of sp³-hybridized carbons (Fsp3) is 0.0769. The van der Waals surface area contributed by atoms with E-state index in [-0.39, 0.29) is 16.3 Å². The summed E-state index contributed by atoms with van der Waals surface area (Å²) in [5.41, 5.74) is 0.0452. The predicted molar refractivity (Wildman–Crippen MR) is 77.9 cm³/mol. The standard InChI is InChI=1S/C13H12N2O6S/c1-8-6-11(17)15(13(18)12(8)14-7-16)9-2-4-10(5-3-9)22(19,20)21/h2-7,18H,1H3,(H,14,16)(H,19,20,21). The maximum atomic E-state index is 12.0. The van der Waals surface area contributed by atoms with Crippen molar-refractivity contribution in [3.63, 3.8) is 0 Å². The number of benzene rings is 1. The first-order chi connectivity index (χ1) is 10.3. The number of amides is 1. The number of carbonyl (C=O) groups excluding carboxylic acids is 1. The molecule has 1 aromatic heterocycles. The van der Waals surface area contributed by atoms with Crippen molar-refractivity contribution in [2.75, 3.05) is 5.32 Å². The van der Waals surface area contributed by atoms with Crippen molar-refractivity contribution in [1.29, 1.82) is 0 Å². The molecule has 9 heteroatoms. The number of nitrogens with zero attached hydrogens (tertiary/aromatic N) is 1. The third-order valence-electron chi connectivity index (χ3n) is 2.99. The van der Waals surface area contributed by atoms with Gasteiger partial charge in [0.25, 0.3) is 15.7 Å².